The highest BCUT2D eigenvalue weighted by Crippen LogP contribution is 2.19. The van der Waals surface area contributed by atoms with Gasteiger partial charge in [0, 0.05) is 54.4 Å². The molecule has 5 saturated heterocycles. The Morgan fingerprint density at radius 2 is 0.443 bits per heavy atom. The Labute approximate surface area is 386 Å². The molecule has 0 amide bonds. The van der Waals surface area contributed by atoms with Crippen LogP contribution in [0.15, 0.2) is 0 Å². The second-order valence-corrected chi connectivity index (χ2v) is 21.5. The Kier molecular flexibility index (Phi) is 37.7. The molecule has 0 aromatic carbocycles. The molecule has 5 heterocycles. The fourth-order valence-electron chi connectivity index (χ4n) is 9.55. The van der Waals surface area contributed by atoms with Crippen molar-refractivity contribution in [1.82, 2.24) is 35.1 Å². The zero-order valence-electron chi connectivity index (χ0n) is 43.6. The maximum absolute atomic E-state index is 3.54. The molecular formula is C54H117N7. The fraction of sp³-hybridized carbons (Fsp3) is 1.00. The molecule has 2 aliphatic carbocycles. The van der Waals surface area contributed by atoms with Gasteiger partial charge in [-0.05, 0) is 218 Å². The molecule has 2 saturated carbocycles. The van der Waals surface area contributed by atoms with E-state index in [4.69, 9.17) is 0 Å². The highest BCUT2D eigenvalue weighted by Gasteiger charge is 2.18. The van der Waals surface area contributed by atoms with Crippen molar-refractivity contribution in [2.45, 2.75) is 287 Å². The highest BCUT2D eigenvalue weighted by atomic mass is 15.2. The van der Waals surface area contributed by atoms with E-state index in [1.165, 1.54) is 194 Å². The molecule has 0 spiro atoms. The second kappa shape index (κ2) is 37.9. The molecule has 0 unspecified atom stereocenters. The number of hydrogen-bond acceptors (Lipinski definition) is 7. The maximum atomic E-state index is 3.54. The van der Waals surface area contributed by atoms with Crippen LogP contribution in [0.25, 0.3) is 0 Å². The summed E-state index contributed by atoms with van der Waals surface area (Å²) in [5.41, 5.74) is 0. The van der Waals surface area contributed by atoms with Crippen molar-refractivity contribution in [3.63, 3.8) is 0 Å². The molecule has 7 fully saturated rings. The summed E-state index contributed by atoms with van der Waals surface area (Å²) in [4.78, 5) is 12.7. The third kappa shape index (κ3) is 32.1. The van der Waals surface area contributed by atoms with Gasteiger partial charge in [-0.3, -0.25) is 0 Å². The number of likely N-dealkylation sites (tertiary alicyclic amines) is 5. The molecule has 7 nitrogen and oxygen atoms in total. The van der Waals surface area contributed by atoms with Gasteiger partial charge in [0.1, 0.15) is 0 Å². The molecule has 7 aliphatic rings. The lowest BCUT2D eigenvalue weighted by molar-refractivity contribution is 0.138. The van der Waals surface area contributed by atoms with E-state index in [0.717, 1.165) is 42.3 Å². The average Bonchev–Trinajstić information content (AvgIpc) is 4.02. The van der Waals surface area contributed by atoms with E-state index in [2.05, 4.69) is 132 Å². The van der Waals surface area contributed by atoms with Crippen LogP contribution in [0.4, 0.5) is 0 Å². The van der Waals surface area contributed by atoms with Crippen LogP contribution in [0.2, 0.25) is 0 Å². The molecule has 2 N–H and O–H groups in total. The van der Waals surface area contributed by atoms with Crippen molar-refractivity contribution in [2.24, 2.45) is 0 Å². The summed E-state index contributed by atoms with van der Waals surface area (Å²) in [7, 11) is 0. The van der Waals surface area contributed by atoms with Crippen molar-refractivity contribution in [3.05, 3.63) is 0 Å². The monoisotopic (exact) mass is 864 g/mol. The first kappa shape index (κ1) is 60.7. The van der Waals surface area contributed by atoms with E-state index in [-0.39, 0.29) is 7.43 Å². The van der Waals surface area contributed by atoms with E-state index in [0.29, 0.717) is 12.1 Å². The lowest BCUT2D eigenvalue weighted by Gasteiger charge is -2.34. The van der Waals surface area contributed by atoms with Crippen LogP contribution in [0.5, 0.6) is 0 Å². The minimum absolute atomic E-state index is 0. The first-order valence-electron chi connectivity index (χ1n) is 26.8. The van der Waals surface area contributed by atoms with Crippen LogP contribution in [0.3, 0.4) is 0 Å². The zero-order valence-corrected chi connectivity index (χ0v) is 43.6. The fourth-order valence-corrected chi connectivity index (χ4v) is 9.55. The number of rotatable bonds is 9. The SMILES string of the molecule is C.CC(C)N1CCC1.CC(C)N1CCCC1.CC(C)N1CCCCC1.CC(C)N1CCCCC1.CC(C)N1CCCCC1.CC(C)NC1CCCC1.CC(C)NC1CCCC1. The molecule has 0 atom stereocenters. The topological polar surface area (TPSA) is 40.3 Å². The van der Waals surface area contributed by atoms with Gasteiger partial charge in [-0.15, -0.1) is 0 Å². The predicted molar refractivity (Wildman–Crippen MR) is 277 cm³/mol. The molecule has 0 bridgehead atoms. The summed E-state index contributed by atoms with van der Waals surface area (Å²) < 4.78 is 0. The van der Waals surface area contributed by atoms with Crippen molar-refractivity contribution < 1.29 is 0 Å². The summed E-state index contributed by atoms with van der Waals surface area (Å²) in [5.74, 6) is 0. The second-order valence-electron chi connectivity index (χ2n) is 21.5. The molecule has 7 rings (SSSR count). The Morgan fingerprint density at radius 3 is 0.574 bits per heavy atom. The smallest absolute Gasteiger partial charge is 0.00694 e. The molecule has 0 radical (unpaired) electrons. The number of hydrogen-bond donors (Lipinski definition) is 2. The van der Waals surface area contributed by atoms with Gasteiger partial charge in [-0.25, -0.2) is 0 Å². The minimum Gasteiger partial charge on any atom is -0.312 e. The highest BCUT2D eigenvalue weighted by molar-refractivity contribution is 4.76. The third-order valence-electron chi connectivity index (χ3n) is 13.7. The van der Waals surface area contributed by atoms with Crippen LogP contribution in [0, 0.1) is 0 Å². The molecule has 5 aliphatic heterocycles. The number of nitrogens with one attached hydrogen (secondary N) is 2. The normalized spacial score (nSPS) is 22.2. The Morgan fingerprint density at radius 1 is 0.262 bits per heavy atom. The Hall–Kier alpha value is -0.280. The van der Waals surface area contributed by atoms with Crippen LogP contribution in [-0.2, 0) is 0 Å². The summed E-state index contributed by atoms with van der Waals surface area (Å²) in [6.45, 7) is 44.9. The molecule has 0 aromatic rings. The third-order valence-corrected chi connectivity index (χ3v) is 13.7. The standard InChI is InChI=1S/5C8H17N.C7H15N.C6H13N.CH4/c3*1-8(2)9-6-4-3-5-7-9;2*1-7(2)9-8-5-3-4-6-8;1-7(2)8-5-3-4-6-8;1-6(2)7-4-3-5-7;/h3*8H,3-7H2,1-2H3;2*7-9H,3-6H2,1-2H3;7H,3-6H2,1-2H3;6H,3-5H2,1-2H3;1H4. The van der Waals surface area contributed by atoms with Gasteiger partial charge < -0.3 is 35.1 Å². The lowest BCUT2D eigenvalue weighted by Crippen LogP contribution is -2.41. The van der Waals surface area contributed by atoms with Gasteiger partial charge in [-0.2, -0.15) is 0 Å². The number of nitrogens with zero attached hydrogens (tertiary/aromatic N) is 5. The van der Waals surface area contributed by atoms with E-state index in [9.17, 15) is 0 Å². The van der Waals surface area contributed by atoms with Crippen molar-refractivity contribution >= 4 is 0 Å². The van der Waals surface area contributed by atoms with Gasteiger partial charge in [-0.1, -0.05) is 80.1 Å². The quantitative estimate of drug-likeness (QED) is 0.239. The lowest BCUT2D eigenvalue weighted by atomic mass is 10.1. The van der Waals surface area contributed by atoms with Crippen molar-refractivity contribution in [1.29, 1.82) is 0 Å². The van der Waals surface area contributed by atoms with Crippen LogP contribution >= 0.6 is 0 Å². The van der Waals surface area contributed by atoms with E-state index < -0.39 is 0 Å². The van der Waals surface area contributed by atoms with Gasteiger partial charge in [0.25, 0.3) is 0 Å². The van der Waals surface area contributed by atoms with Crippen molar-refractivity contribution in [3.8, 4) is 0 Å². The molecule has 7 heteroatoms. The van der Waals surface area contributed by atoms with E-state index in [1.54, 1.807) is 0 Å². The molecule has 61 heavy (non-hydrogen) atoms. The zero-order chi connectivity index (χ0) is 44.7. The van der Waals surface area contributed by atoms with Gasteiger partial charge >= 0.3 is 0 Å². The summed E-state index contributed by atoms with van der Waals surface area (Å²) in [5, 5.41) is 7.08. The first-order chi connectivity index (χ1) is 28.6. The summed E-state index contributed by atoms with van der Waals surface area (Å²) in [6.07, 6.45) is 28.4. The van der Waals surface area contributed by atoms with Crippen LogP contribution < -0.4 is 10.6 Å². The largest absolute Gasteiger partial charge is 0.312 e. The van der Waals surface area contributed by atoms with E-state index in [1.807, 2.05) is 0 Å². The molecular weight excluding hydrogens is 747 g/mol. The van der Waals surface area contributed by atoms with Gasteiger partial charge in [0.05, 0.1) is 0 Å². The van der Waals surface area contributed by atoms with Gasteiger partial charge in [0.2, 0.25) is 0 Å². The summed E-state index contributed by atoms with van der Waals surface area (Å²) in [6, 6.07) is 6.89. The Balaban J connectivity index is 0.000000688. The Bertz CT molecular complexity index is 822. The molecule has 0 aromatic heterocycles. The van der Waals surface area contributed by atoms with Crippen LogP contribution in [-0.4, -0.2) is 144 Å². The first-order valence-corrected chi connectivity index (χ1v) is 26.8. The average molecular weight is 865 g/mol. The van der Waals surface area contributed by atoms with Crippen molar-refractivity contribution in [2.75, 3.05) is 65.4 Å². The maximum Gasteiger partial charge on any atom is 0.00694 e. The number of piperidine rings is 3. The van der Waals surface area contributed by atoms with Gasteiger partial charge in [0.15, 0.2) is 0 Å². The molecule has 368 valence electrons. The minimum atomic E-state index is 0. The van der Waals surface area contributed by atoms with Crippen LogP contribution in [0.1, 0.15) is 233 Å². The summed E-state index contributed by atoms with van der Waals surface area (Å²) >= 11 is 0. The predicted octanol–water partition coefficient (Wildman–Crippen LogP) is 12.7. The van der Waals surface area contributed by atoms with E-state index >= 15 is 0 Å².